The van der Waals surface area contributed by atoms with E-state index < -0.39 is 0 Å². The zero-order chi connectivity index (χ0) is 63.9. The van der Waals surface area contributed by atoms with E-state index in [1.165, 1.54) is 40.7 Å². The highest BCUT2D eigenvalue weighted by Crippen LogP contribution is 2.49. The zero-order valence-corrected chi connectivity index (χ0v) is 55.1. The molecular weight excluding hydrogens is 1060 g/mol. The summed E-state index contributed by atoms with van der Waals surface area (Å²) in [6.45, 7) is 39.5. The van der Waals surface area contributed by atoms with E-state index in [-0.39, 0.29) is 81.5 Å². The molecule has 0 radical (unpaired) electrons. The second-order valence-corrected chi connectivity index (χ2v) is 25.6. The molecule has 86 heavy (non-hydrogen) atoms. The van der Waals surface area contributed by atoms with E-state index in [4.69, 9.17) is 0 Å². The molecule has 0 unspecified atom stereocenters. The first-order chi connectivity index (χ1) is 40.7. The van der Waals surface area contributed by atoms with Crippen LogP contribution in [-0.2, 0) is 32.1 Å². The monoisotopic (exact) mass is 1170 g/mol. The topological polar surface area (TPSA) is 162 Å². The molecule has 4 aromatic rings. The Morgan fingerprint density at radius 2 is 0.721 bits per heavy atom. The molecule has 0 saturated heterocycles. The van der Waals surface area contributed by atoms with Crippen molar-refractivity contribution in [3.8, 4) is 46.0 Å². The first kappa shape index (κ1) is 71.7. The van der Waals surface area contributed by atoms with Crippen LogP contribution in [0.5, 0.6) is 46.0 Å². The SMILES string of the molecule is C=C(C)[C@@H]1CCC(C)=C[C@H]1c1c(O)cc(CCC)cc1O.C=C(C)[C@@H]1CCC(C)=C[C@H]1c1c(O)cc(CCCCC)cc1O.C=C(C)[C@H]1CCC(C)=C[C@@H]1c1c(O)cc(CCC)cc1O.CCCc1cc(O)c(C/C=C(\C)CCC=C(C)C)c(O)c1. The van der Waals surface area contributed by atoms with Crippen molar-refractivity contribution in [2.75, 3.05) is 0 Å². The van der Waals surface area contributed by atoms with Gasteiger partial charge in [-0.3, -0.25) is 0 Å². The van der Waals surface area contributed by atoms with Crippen molar-refractivity contribution in [2.24, 2.45) is 17.8 Å². The maximum Gasteiger partial charge on any atom is 0.123 e. The Morgan fingerprint density at radius 1 is 0.419 bits per heavy atom. The lowest BCUT2D eigenvalue weighted by molar-refractivity contribution is 0.405. The van der Waals surface area contributed by atoms with Gasteiger partial charge in [0.1, 0.15) is 46.0 Å². The van der Waals surface area contributed by atoms with E-state index in [0.29, 0.717) is 28.7 Å². The maximum absolute atomic E-state index is 10.5. The second kappa shape index (κ2) is 35.1. The average Bonchev–Trinajstić information content (AvgIpc) is 1.97. The summed E-state index contributed by atoms with van der Waals surface area (Å²) in [4.78, 5) is 0. The molecule has 8 N–H and O–H groups in total. The molecule has 4 aromatic carbocycles. The zero-order valence-electron chi connectivity index (χ0n) is 55.1. The van der Waals surface area contributed by atoms with Crippen LogP contribution in [0.4, 0.5) is 0 Å². The summed E-state index contributed by atoms with van der Waals surface area (Å²) in [5, 5.41) is 82.9. The third-order valence-electron chi connectivity index (χ3n) is 17.4. The normalized spacial score (nSPS) is 19.2. The van der Waals surface area contributed by atoms with Crippen LogP contribution in [0.1, 0.15) is 242 Å². The van der Waals surface area contributed by atoms with Gasteiger partial charge < -0.3 is 40.9 Å². The van der Waals surface area contributed by atoms with Crippen molar-refractivity contribution >= 4 is 0 Å². The first-order valence-electron chi connectivity index (χ1n) is 32.2. The lowest BCUT2D eigenvalue weighted by Crippen LogP contribution is -2.17. The van der Waals surface area contributed by atoms with Crippen LogP contribution in [-0.4, -0.2) is 40.9 Å². The molecule has 6 atom stereocenters. The van der Waals surface area contributed by atoms with E-state index in [0.717, 1.165) is 142 Å². The molecule has 0 amide bonds. The number of aryl methyl sites for hydroxylation is 4. The van der Waals surface area contributed by atoms with Crippen LogP contribution >= 0.6 is 0 Å². The van der Waals surface area contributed by atoms with Crippen molar-refractivity contribution in [3.63, 3.8) is 0 Å². The van der Waals surface area contributed by atoms with E-state index >= 15 is 0 Å². The smallest absolute Gasteiger partial charge is 0.123 e. The van der Waals surface area contributed by atoms with Gasteiger partial charge in [-0.05, 0) is 241 Å². The average molecular weight is 1180 g/mol. The van der Waals surface area contributed by atoms with Crippen molar-refractivity contribution in [2.45, 2.75) is 230 Å². The van der Waals surface area contributed by atoms with Crippen LogP contribution in [0.25, 0.3) is 0 Å². The number of unbranched alkanes of at least 4 members (excludes halogenated alkanes) is 2. The van der Waals surface area contributed by atoms with Gasteiger partial charge in [-0.25, -0.2) is 0 Å². The largest absolute Gasteiger partial charge is 0.508 e. The number of hydrogen-bond acceptors (Lipinski definition) is 8. The molecular formula is C78H110O8. The van der Waals surface area contributed by atoms with Crippen molar-refractivity contribution < 1.29 is 40.9 Å². The van der Waals surface area contributed by atoms with Gasteiger partial charge in [0.25, 0.3) is 0 Å². The Balaban J connectivity index is 0.000000246. The molecule has 0 aliphatic heterocycles. The van der Waals surface area contributed by atoms with Crippen LogP contribution in [0.15, 0.2) is 143 Å². The number of rotatable bonds is 21. The van der Waals surface area contributed by atoms with Gasteiger partial charge >= 0.3 is 0 Å². The number of phenolic OH excluding ortho intramolecular Hbond substituents is 8. The quantitative estimate of drug-likeness (QED) is 0.0302. The molecule has 3 aliphatic rings. The Hall–Kier alpha value is -6.80. The highest BCUT2D eigenvalue weighted by atomic mass is 16.3. The molecule has 0 bridgehead atoms. The van der Waals surface area contributed by atoms with Gasteiger partial charge in [0.05, 0.1) is 0 Å². The Morgan fingerprint density at radius 3 is 1.00 bits per heavy atom. The van der Waals surface area contributed by atoms with Crippen molar-refractivity contribution in [3.05, 3.63) is 188 Å². The molecule has 3 aliphatic carbocycles. The highest BCUT2D eigenvalue weighted by molar-refractivity contribution is 5.55. The predicted molar refractivity (Wildman–Crippen MR) is 363 cm³/mol. The minimum Gasteiger partial charge on any atom is -0.508 e. The highest BCUT2D eigenvalue weighted by Gasteiger charge is 2.33. The third kappa shape index (κ3) is 21.3. The van der Waals surface area contributed by atoms with Gasteiger partial charge in [-0.1, -0.05) is 155 Å². The maximum atomic E-state index is 10.5. The van der Waals surface area contributed by atoms with Crippen LogP contribution < -0.4 is 0 Å². The Labute approximate surface area is 519 Å². The fourth-order valence-electron chi connectivity index (χ4n) is 12.7. The molecule has 470 valence electrons. The van der Waals surface area contributed by atoms with Gasteiger partial charge in [-0.15, -0.1) is 0 Å². The summed E-state index contributed by atoms with van der Waals surface area (Å²) in [6, 6.07) is 14.4. The summed E-state index contributed by atoms with van der Waals surface area (Å²) in [5.41, 5.74) is 16.5. The lowest BCUT2D eigenvalue weighted by Gasteiger charge is -2.31. The van der Waals surface area contributed by atoms with E-state index in [1.54, 1.807) is 36.4 Å². The molecule has 7 rings (SSSR count). The summed E-state index contributed by atoms with van der Waals surface area (Å²) in [5.74, 6) is 2.58. The minimum absolute atomic E-state index is 0.0194. The molecule has 8 heteroatoms. The molecule has 8 nitrogen and oxygen atoms in total. The number of aromatic hydroxyl groups is 8. The third-order valence-corrected chi connectivity index (χ3v) is 17.4. The van der Waals surface area contributed by atoms with E-state index in [9.17, 15) is 40.9 Å². The van der Waals surface area contributed by atoms with Gasteiger partial charge in [-0.2, -0.15) is 0 Å². The Kier molecular flexibility index (Phi) is 29.3. The predicted octanol–water partition coefficient (Wildman–Crippen LogP) is 21.3. The van der Waals surface area contributed by atoms with Crippen LogP contribution in [0.3, 0.4) is 0 Å². The fourth-order valence-corrected chi connectivity index (χ4v) is 12.7. The van der Waals surface area contributed by atoms with Crippen molar-refractivity contribution in [1.82, 2.24) is 0 Å². The molecule has 0 spiro atoms. The summed E-state index contributed by atoms with van der Waals surface area (Å²) < 4.78 is 0. The molecule has 0 aromatic heterocycles. The number of benzene rings is 4. The second-order valence-electron chi connectivity index (χ2n) is 25.6. The van der Waals surface area contributed by atoms with Crippen LogP contribution in [0, 0.1) is 17.8 Å². The number of hydrogen-bond donors (Lipinski definition) is 8. The van der Waals surface area contributed by atoms with Gasteiger partial charge in [0, 0.05) is 40.0 Å². The fraction of sp³-hybridized carbons (Fsp3) is 0.487. The van der Waals surface area contributed by atoms with Crippen molar-refractivity contribution in [1.29, 1.82) is 0 Å². The summed E-state index contributed by atoms with van der Waals surface area (Å²) in [6.07, 6.45) is 29.7. The standard InChI is InChI=1S/C21H30O2.2C19H26O2.C19H28O2/c1-5-6-7-8-16-12-19(22)21(20(23)13-16)18-11-15(4)9-10-17(18)14(2)3;2*1-5-6-14-10-17(20)19(18(21)11-14)16-9-13(4)7-8-15(16)12(2)3;1-5-7-16-12-18(20)17(19(21)13-16)11-10-15(4)9-6-8-14(2)3/h11-13,17-18,22-23H,2,5-10H2,1,3-4H3;2*9-11,15-16,20-21H,2,5-8H2,1,3-4H3;8,10,12-13,20-21H,5-7,9,11H2,1-4H3/b;;;15-10+/t17-,18+;2*15-,16+;/m010./s1. The first-order valence-corrected chi connectivity index (χ1v) is 32.2. The van der Waals surface area contributed by atoms with Crippen LogP contribution in [0.2, 0.25) is 0 Å². The van der Waals surface area contributed by atoms with E-state index in [2.05, 4.69) is 119 Å². The van der Waals surface area contributed by atoms with Gasteiger partial charge in [0.2, 0.25) is 0 Å². The van der Waals surface area contributed by atoms with Gasteiger partial charge in [0.15, 0.2) is 0 Å². The molecule has 0 fully saturated rings. The summed E-state index contributed by atoms with van der Waals surface area (Å²) in [7, 11) is 0. The number of phenols is 8. The lowest BCUT2D eigenvalue weighted by atomic mass is 9.73. The van der Waals surface area contributed by atoms with E-state index in [1.807, 2.05) is 32.9 Å². The summed E-state index contributed by atoms with van der Waals surface area (Å²) >= 11 is 0. The Bertz CT molecular complexity index is 2880. The number of allylic oxidation sites excluding steroid dienone is 13. The molecule has 0 heterocycles. The molecule has 0 saturated carbocycles. The minimum atomic E-state index is 0.0194.